The third kappa shape index (κ3) is 2.40. The Bertz CT molecular complexity index is 510. The number of hydrogen-bond acceptors (Lipinski definition) is 5. The van der Waals surface area contributed by atoms with Crippen LogP contribution in [0, 0.1) is 5.92 Å². The van der Waals surface area contributed by atoms with Crippen molar-refractivity contribution in [3.8, 4) is 0 Å². The highest BCUT2D eigenvalue weighted by Crippen LogP contribution is 2.32. The van der Waals surface area contributed by atoms with Crippen LogP contribution < -0.4 is 4.90 Å². The summed E-state index contributed by atoms with van der Waals surface area (Å²) >= 11 is 5.99. The molecular formula is C14H19ClN4O. The van der Waals surface area contributed by atoms with Crippen molar-refractivity contribution in [1.82, 2.24) is 14.9 Å². The number of nitrogens with zero attached hydrogens (tertiary/aromatic N) is 4. The first-order valence-corrected chi connectivity index (χ1v) is 7.49. The van der Waals surface area contributed by atoms with Gasteiger partial charge in [0.05, 0.1) is 5.56 Å². The minimum absolute atomic E-state index is 0.243. The summed E-state index contributed by atoms with van der Waals surface area (Å²) in [7, 11) is 2.21. The van der Waals surface area contributed by atoms with Gasteiger partial charge in [0.1, 0.15) is 17.3 Å². The van der Waals surface area contributed by atoms with Crippen molar-refractivity contribution < 1.29 is 4.79 Å². The van der Waals surface area contributed by atoms with Crippen LogP contribution in [0.3, 0.4) is 0 Å². The van der Waals surface area contributed by atoms with Crippen molar-refractivity contribution in [1.29, 1.82) is 0 Å². The molecule has 3 heterocycles. The Hall–Kier alpha value is -1.20. The number of rotatable bonds is 2. The van der Waals surface area contributed by atoms with Gasteiger partial charge in [0.25, 0.3) is 0 Å². The van der Waals surface area contributed by atoms with Gasteiger partial charge in [0, 0.05) is 19.1 Å². The molecule has 5 nitrogen and oxygen atoms in total. The van der Waals surface area contributed by atoms with E-state index in [0.717, 1.165) is 25.8 Å². The van der Waals surface area contributed by atoms with Crippen molar-refractivity contribution in [2.24, 2.45) is 5.92 Å². The van der Waals surface area contributed by atoms with Gasteiger partial charge >= 0.3 is 0 Å². The lowest BCUT2D eigenvalue weighted by Gasteiger charge is -2.46. The molecule has 0 N–H and O–H groups in total. The highest BCUT2D eigenvalue weighted by atomic mass is 35.5. The molecule has 6 heteroatoms. The van der Waals surface area contributed by atoms with Crippen LogP contribution in [-0.2, 0) is 0 Å². The van der Waals surface area contributed by atoms with Gasteiger partial charge in [-0.2, -0.15) is 0 Å². The smallest absolute Gasteiger partial charge is 0.156 e. The largest absolute Gasteiger partial charge is 0.355 e. The molecule has 0 spiro atoms. The van der Waals surface area contributed by atoms with E-state index in [1.807, 2.05) is 0 Å². The minimum atomic E-state index is 0.243. The van der Waals surface area contributed by atoms with E-state index in [0.29, 0.717) is 23.3 Å². The molecule has 2 unspecified atom stereocenters. The van der Waals surface area contributed by atoms with Gasteiger partial charge in [-0.15, -0.1) is 0 Å². The summed E-state index contributed by atoms with van der Waals surface area (Å²) in [5.41, 5.74) is 0.414. The molecule has 0 aromatic carbocycles. The van der Waals surface area contributed by atoms with E-state index in [9.17, 15) is 4.79 Å². The van der Waals surface area contributed by atoms with Gasteiger partial charge in [-0.05, 0) is 38.8 Å². The third-order valence-corrected chi connectivity index (χ3v) is 4.88. The van der Waals surface area contributed by atoms with Crippen molar-refractivity contribution >= 4 is 23.7 Å². The first-order valence-electron chi connectivity index (χ1n) is 7.11. The zero-order chi connectivity index (χ0) is 14.1. The Kier molecular flexibility index (Phi) is 3.89. The van der Waals surface area contributed by atoms with Gasteiger partial charge in [-0.1, -0.05) is 11.6 Å². The average molecular weight is 295 g/mol. The summed E-state index contributed by atoms with van der Waals surface area (Å²) < 4.78 is 0. The van der Waals surface area contributed by atoms with E-state index in [4.69, 9.17) is 11.6 Å². The fourth-order valence-corrected chi connectivity index (χ4v) is 3.74. The Morgan fingerprint density at radius 2 is 2.20 bits per heavy atom. The first kappa shape index (κ1) is 13.8. The number of hydrogen-bond donors (Lipinski definition) is 0. The van der Waals surface area contributed by atoms with Crippen LogP contribution >= 0.6 is 11.6 Å². The van der Waals surface area contributed by atoms with E-state index >= 15 is 0 Å². The molecule has 0 radical (unpaired) electrons. The highest BCUT2D eigenvalue weighted by molar-refractivity contribution is 6.32. The second-order valence-electron chi connectivity index (χ2n) is 5.70. The summed E-state index contributed by atoms with van der Waals surface area (Å²) in [5.74, 6) is 1.34. The Morgan fingerprint density at radius 1 is 1.35 bits per heavy atom. The number of piperidine rings is 2. The zero-order valence-corrected chi connectivity index (χ0v) is 12.4. The summed E-state index contributed by atoms with van der Waals surface area (Å²) in [4.78, 5) is 24.1. The average Bonchev–Trinajstić information content (AvgIpc) is 2.47. The zero-order valence-electron chi connectivity index (χ0n) is 11.6. The first-order chi connectivity index (χ1) is 9.70. The summed E-state index contributed by atoms with van der Waals surface area (Å²) in [6, 6.07) is 0.664. The lowest BCUT2D eigenvalue weighted by molar-refractivity contribution is 0.102. The van der Waals surface area contributed by atoms with Crippen molar-refractivity contribution in [3.05, 3.63) is 17.0 Å². The molecule has 0 bridgehead atoms. The number of likely N-dealkylation sites (tertiary alicyclic amines) is 1. The van der Waals surface area contributed by atoms with E-state index in [1.165, 1.54) is 25.7 Å². The predicted molar refractivity (Wildman–Crippen MR) is 78.4 cm³/mol. The number of aromatic nitrogens is 2. The Balaban J connectivity index is 1.83. The van der Waals surface area contributed by atoms with Gasteiger partial charge < -0.3 is 9.80 Å². The number of fused-ring (bicyclic) bond motifs is 1. The van der Waals surface area contributed by atoms with Gasteiger partial charge in [0.15, 0.2) is 6.29 Å². The predicted octanol–water partition coefficient (Wildman–Crippen LogP) is 1.86. The van der Waals surface area contributed by atoms with Gasteiger partial charge in [-0.25, -0.2) is 9.97 Å². The van der Waals surface area contributed by atoms with E-state index in [1.54, 1.807) is 0 Å². The monoisotopic (exact) mass is 294 g/mol. The number of anilines is 1. The van der Waals surface area contributed by atoms with Crippen LogP contribution in [0.4, 0.5) is 5.82 Å². The Labute approximate surface area is 123 Å². The molecule has 0 amide bonds. The normalized spacial score (nSPS) is 27.2. The number of carbonyl (C=O) groups excluding carboxylic acids is 1. The maximum atomic E-state index is 11.2. The third-order valence-electron chi connectivity index (χ3n) is 4.58. The number of aldehydes is 1. The summed E-state index contributed by atoms with van der Waals surface area (Å²) in [5, 5.41) is 0.243. The summed E-state index contributed by atoms with van der Waals surface area (Å²) in [6.07, 6.45) is 5.80. The molecule has 2 aliphatic rings. The molecule has 1 aromatic heterocycles. The second-order valence-corrected chi connectivity index (χ2v) is 6.06. The van der Waals surface area contributed by atoms with Crippen LogP contribution in [0.2, 0.25) is 5.15 Å². The SMILES string of the molecule is CN1CCCC2CN(c3ncnc(Cl)c3C=O)CCC21. The summed E-state index contributed by atoms with van der Waals surface area (Å²) in [6.45, 7) is 3.06. The lowest BCUT2D eigenvalue weighted by atomic mass is 9.84. The molecule has 0 saturated carbocycles. The van der Waals surface area contributed by atoms with Gasteiger partial charge in [0.2, 0.25) is 0 Å². The molecule has 108 valence electrons. The number of halogens is 1. The maximum Gasteiger partial charge on any atom is 0.156 e. The fraction of sp³-hybridized carbons (Fsp3) is 0.643. The molecule has 2 aliphatic heterocycles. The van der Waals surface area contributed by atoms with E-state index in [-0.39, 0.29) is 5.15 Å². The van der Waals surface area contributed by atoms with Crippen LogP contribution in [0.25, 0.3) is 0 Å². The molecule has 20 heavy (non-hydrogen) atoms. The highest BCUT2D eigenvalue weighted by Gasteiger charge is 2.35. The molecule has 2 saturated heterocycles. The van der Waals surface area contributed by atoms with Crippen molar-refractivity contribution in [2.75, 3.05) is 31.6 Å². The fourth-order valence-electron chi connectivity index (χ4n) is 3.56. The maximum absolute atomic E-state index is 11.2. The van der Waals surface area contributed by atoms with Crippen LogP contribution in [0.15, 0.2) is 6.33 Å². The molecule has 2 atom stereocenters. The topological polar surface area (TPSA) is 49.3 Å². The molecule has 1 aromatic rings. The Morgan fingerprint density at radius 3 is 3.00 bits per heavy atom. The van der Waals surface area contributed by atoms with E-state index in [2.05, 4.69) is 26.8 Å². The van der Waals surface area contributed by atoms with E-state index < -0.39 is 0 Å². The van der Waals surface area contributed by atoms with Crippen LogP contribution in [-0.4, -0.2) is 53.9 Å². The van der Waals surface area contributed by atoms with Crippen LogP contribution in [0.5, 0.6) is 0 Å². The standard InChI is InChI=1S/C14H19ClN4O/c1-18-5-2-3-10-7-19(6-4-12(10)18)14-11(8-20)13(15)16-9-17-14/h8-10,12H,2-7H2,1H3. The lowest BCUT2D eigenvalue weighted by Crippen LogP contribution is -2.53. The molecule has 3 rings (SSSR count). The van der Waals surface area contributed by atoms with Crippen molar-refractivity contribution in [2.45, 2.75) is 25.3 Å². The van der Waals surface area contributed by atoms with Crippen LogP contribution in [0.1, 0.15) is 29.6 Å². The second kappa shape index (κ2) is 5.66. The molecular weight excluding hydrogens is 276 g/mol. The quantitative estimate of drug-likeness (QED) is 0.615. The van der Waals surface area contributed by atoms with Gasteiger partial charge in [-0.3, -0.25) is 4.79 Å². The molecule has 2 fully saturated rings. The van der Waals surface area contributed by atoms with Crippen molar-refractivity contribution in [3.63, 3.8) is 0 Å². The number of carbonyl (C=O) groups is 1. The minimum Gasteiger partial charge on any atom is -0.355 e. The molecule has 0 aliphatic carbocycles.